The molecule has 0 bridgehead atoms. The highest BCUT2D eigenvalue weighted by molar-refractivity contribution is 7.89. The van der Waals surface area contributed by atoms with Crippen LogP contribution in [0.25, 0.3) is 0 Å². The molecule has 0 unspecified atom stereocenters. The van der Waals surface area contributed by atoms with Gasteiger partial charge in [0.1, 0.15) is 5.76 Å². The number of hydrogen-bond acceptors (Lipinski definition) is 6. The molecule has 104 valence electrons. The van der Waals surface area contributed by atoms with E-state index in [1.807, 2.05) is 0 Å². The molecule has 0 aliphatic rings. The van der Waals surface area contributed by atoms with Gasteiger partial charge < -0.3 is 9.63 Å². The fourth-order valence-corrected chi connectivity index (χ4v) is 3.97. The Morgan fingerprint density at radius 2 is 2.21 bits per heavy atom. The molecule has 0 radical (unpaired) electrons. The minimum atomic E-state index is -3.64. The molecular formula is C11H14N2O4S2. The summed E-state index contributed by atoms with van der Waals surface area (Å²) in [5.74, 6) is 0.591. The number of aliphatic hydroxyl groups excluding tert-OH is 1. The van der Waals surface area contributed by atoms with E-state index in [1.165, 1.54) is 17.4 Å². The average Bonchev–Trinajstić information content (AvgIpc) is 2.95. The van der Waals surface area contributed by atoms with Gasteiger partial charge >= 0.3 is 0 Å². The summed E-state index contributed by atoms with van der Waals surface area (Å²) in [5.41, 5.74) is 1.39. The van der Waals surface area contributed by atoms with Gasteiger partial charge in [-0.15, -0.1) is 11.3 Å². The Hall–Kier alpha value is -1.22. The van der Waals surface area contributed by atoms with Gasteiger partial charge in [0.2, 0.25) is 10.0 Å². The lowest BCUT2D eigenvalue weighted by Gasteiger charge is -2.06. The molecule has 8 heteroatoms. The van der Waals surface area contributed by atoms with Crippen LogP contribution in [0.15, 0.2) is 20.9 Å². The Bertz CT molecular complexity index is 653. The Morgan fingerprint density at radius 3 is 2.79 bits per heavy atom. The van der Waals surface area contributed by atoms with Crippen molar-refractivity contribution < 1.29 is 18.0 Å². The van der Waals surface area contributed by atoms with E-state index in [4.69, 9.17) is 9.63 Å². The fourth-order valence-electron chi connectivity index (χ4n) is 1.68. The molecular weight excluding hydrogens is 288 g/mol. The van der Waals surface area contributed by atoms with Crippen LogP contribution >= 0.6 is 11.3 Å². The third kappa shape index (κ3) is 2.86. The second-order valence-electron chi connectivity index (χ2n) is 3.99. The predicted octanol–water partition coefficient (Wildman–Crippen LogP) is 1.32. The third-order valence-corrected chi connectivity index (χ3v) is 5.28. The zero-order chi connectivity index (χ0) is 14.0. The molecule has 0 amide bonds. The maximum absolute atomic E-state index is 12.1. The normalized spacial score (nSPS) is 11.9. The lowest BCUT2D eigenvalue weighted by molar-refractivity contribution is 0.282. The molecule has 0 fully saturated rings. The maximum atomic E-state index is 12.1. The number of nitrogens with zero attached hydrogens (tertiary/aromatic N) is 1. The van der Waals surface area contributed by atoms with E-state index in [-0.39, 0.29) is 18.0 Å². The molecule has 0 saturated heterocycles. The molecule has 0 aliphatic heterocycles. The maximum Gasteiger partial charge on any atom is 0.242 e. The van der Waals surface area contributed by atoms with E-state index in [1.54, 1.807) is 19.2 Å². The molecule has 0 spiro atoms. The molecule has 19 heavy (non-hydrogen) atoms. The number of hydrogen-bond donors (Lipinski definition) is 2. The number of rotatable bonds is 5. The Morgan fingerprint density at radius 1 is 1.47 bits per heavy atom. The van der Waals surface area contributed by atoms with E-state index >= 15 is 0 Å². The van der Waals surface area contributed by atoms with Gasteiger partial charge in [0.05, 0.1) is 17.2 Å². The summed E-state index contributed by atoms with van der Waals surface area (Å²) in [5, 5.41) is 14.5. The average molecular weight is 302 g/mol. The fraction of sp³-hybridized carbons (Fsp3) is 0.364. The van der Waals surface area contributed by atoms with Crippen molar-refractivity contribution in [1.29, 1.82) is 0 Å². The molecule has 2 aromatic rings. The van der Waals surface area contributed by atoms with Crippen molar-refractivity contribution in [2.45, 2.75) is 31.9 Å². The molecule has 0 aromatic carbocycles. The van der Waals surface area contributed by atoms with Crippen LogP contribution in [-0.4, -0.2) is 18.7 Å². The molecule has 2 aromatic heterocycles. The van der Waals surface area contributed by atoms with Crippen molar-refractivity contribution in [1.82, 2.24) is 9.88 Å². The number of thiophene rings is 1. The van der Waals surface area contributed by atoms with E-state index in [0.29, 0.717) is 16.3 Å². The first-order valence-corrected chi connectivity index (χ1v) is 7.90. The number of sulfonamides is 1. The summed E-state index contributed by atoms with van der Waals surface area (Å²) in [4.78, 5) is 0.540. The molecule has 6 nitrogen and oxygen atoms in total. The van der Waals surface area contributed by atoms with Crippen LogP contribution in [0.2, 0.25) is 0 Å². The van der Waals surface area contributed by atoms with Crippen LogP contribution in [-0.2, 0) is 23.2 Å². The van der Waals surface area contributed by atoms with Crippen LogP contribution in [0.1, 0.15) is 21.9 Å². The lowest BCUT2D eigenvalue weighted by Crippen LogP contribution is -2.24. The van der Waals surface area contributed by atoms with Crippen molar-refractivity contribution in [2.75, 3.05) is 0 Å². The van der Waals surface area contributed by atoms with Gasteiger partial charge in [-0.1, -0.05) is 5.16 Å². The molecule has 0 saturated carbocycles. The summed E-state index contributed by atoms with van der Waals surface area (Å²) in [6.45, 7) is 3.31. The Balaban J connectivity index is 2.19. The van der Waals surface area contributed by atoms with Crippen molar-refractivity contribution in [3.8, 4) is 0 Å². The number of aromatic nitrogens is 1. The molecule has 2 heterocycles. The zero-order valence-corrected chi connectivity index (χ0v) is 12.1. The van der Waals surface area contributed by atoms with Crippen molar-refractivity contribution in [3.05, 3.63) is 33.3 Å². The van der Waals surface area contributed by atoms with Gasteiger partial charge in [-0.2, -0.15) is 0 Å². The van der Waals surface area contributed by atoms with Gasteiger partial charge in [0.15, 0.2) is 0 Å². The summed E-state index contributed by atoms with van der Waals surface area (Å²) >= 11 is 1.21. The smallest absolute Gasteiger partial charge is 0.242 e. The van der Waals surface area contributed by atoms with E-state index < -0.39 is 10.0 Å². The van der Waals surface area contributed by atoms with E-state index in [9.17, 15) is 8.42 Å². The summed E-state index contributed by atoms with van der Waals surface area (Å²) < 4.78 is 31.7. The van der Waals surface area contributed by atoms with Crippen LogP contribution in [0.4, 0.5) is 0 Å². The lowest BCUT2D eigenvalue weighted by atomic mass is 10.2. The van der Waals surface area contributed by atoms with Crippen molar-refractivity contribution in [3.63, 3.8) is 0 Å². The van der Waals surface area contributed by atoms with Crippen LogP contribution in [0.5, 0.6) is 0 Å². The van der Waals surface area contributed by atoms with Crippen LogP contribution in [0, 0.1) is 13.8 Å². The van der Waals surface area contributed by atoms with Gasteiger partial charge in [-0.25, -0.2) is 13.1 Å². The number of aryl methyl sites for hydroxylation is 2. The largest absolute Gasteiger partial charge is 0.391 e. The minimum Gasteiger partial charge on any atom is -0.391 e. The summed E-state index contributed by atoms with van der Waals surface area (Å²) in [6.07, 6.45) is 0. The van der Waals surface area contributed by atoms with Gasteiger partial charge in [-0.3, -0.25) is 0 Å². The predicted molar refractivity (Wildman–Crippen MR) is 70.2 cm³/mol. The van der Waals surface area contributed by atoms with E-state index in [2.05, 4.69) is 9.88 Å². The highest BCUT2D eigenvalue weighted by Crippen LogP contribution is 2.22. The first-order valence-electron chi connectivity index (χ1n) is 5.54. The highest BCUT2D eigenvalue weighted by atomic mass is 32.2. The SMILES string of the molecule is Cc1noc(C)c1CNS(=O)(=O)c1ccsc1CO. The molecule has 2 rings (SSSR count). The zero-order valence-electron chi connectivity index (χ0n) is 10.5. The van der Waals surface area contributed by atoms with E-state index in [0.717, 1.165) is 5.56 Å². The van der Waals surface area contributed by atoms with Gasteiger partial charge in [0.25, 0.3) is 0 Å². The third-order valence-electron chi connectivity index (χ3n) is 2.76. The standard InChI is InChI=1S/C11H14N2O4S2/c1-7-9(8(2)17-13-7)5-12-19(15,16)11-3-4-18-10(11)6-14/h3-4,12,14H,5-6H2,1-2H3. The number of aliphatic hydroxyl groups is 1. The monoisotopic (exact) mass is 302 g/mol. The van der Waals surface area contributed by atoms with Gasteiger partial charge in [0, 0.05) is 17.0 Å². The Kier molecular flexibility index (Phi) is 4.04. The topological polar surface area (TPSA) is 92.4 Å². The Labute approximate surface area is 115 Å². The first kappa shape index (κ1) is 14.2. The highest BCUT2D eigenvalue weighted by Gasteiger charge is 2.20. The van der Waals surface area contributed by atoms with Crippen molar-refractivity contribution >= 4 is 21.4 Å². The van der Waals surface area contributed by atoms with Crippen molar-refractivity contribution in [2.24, 2.45) is 0 Å². The minimum absolute atomic E-state index is 0.115. The van der Waals surface area contributed by atoms with Crippen LogP contribution < -0.4 is 4.72 Å². The second-order valence-corrected chi connectivity index (χ2v) is 6.73. The summed E-state index contributed by atoms with van der Waals surface area (Å²) in [6, 6.07) is 1.48. The quantitative estimate of drug-likeness (QED) is 0.869. The van der Waals surface area contributed by atoms with Gasteiger partial charge in [-0.05, 0) is 25.3 Å². The van der Waals surface area contributed by atoms with Crippen LogP contribution in [0.3, 0.4) is 0 Å². The summed E-state index contributed by atoms with van der Waals surface area (Å²) in [7, 11) is -3.64. The second kappa shape index (κ2) is 5.41. The first-order chi connectivity index (χ1) is 8.95. The molecule has 0 aliphatic carbocycles. The molecule has 0 atom stereocenters. The molecule has 2 N–H and O–H groups in total. The number of nitrogens with one attached hydrogen (secondary N) is 1.